The van der Waals surface area contributed by atoms with Crippen LogP contribution in [-0.2, 0) is 4.74 Å². The summed E-state index contributed by atoms with van der Waals surface area (Å²) < 4.78 is 12.8. The zero-order valence-corrected chi connectivity index (χ0v) is 13.4. The largest absolute Gasteiger partial charge is 0.493 e. The molecule has 0 saturated carbocycles. The zero-order valence-electron chi connectivity index (χ0n) is 13.4. The van der Waals surface area contributed by atoms with E-state index in [1.54, 1.807) is 13.1 Å². The Morgan fingerprint density at radius 2 is 2.09 bits per heavy atom. The van der Waals surface area contributed by atoms with Gasteiger partial charge < -0.3 is 9.47 Å². The van der Waals surface area contributed by atoms with E-state index in [0.717, 1.165) is 29.5 Å². The van der Waals surface area contributed by atoms with Crippen molar-refractivity contribution >= 4 is 22.5 Å². The standard InChI is InChI=1S/C18H20N2O3/c1-3-5-10-23-16-11-17-19-14(18(21)22-4-2)12-20(17)15-9-7-6-8-13(15)16/h6-9,11-12H,3-5,10H2,1-2H3. The van der Waals surface area contributed by atoms with Crippen LogP contribution in [0.15, 0.2) is 36.5 Å². The van der Waals surface area contributed by atoms with Crippen LogP contribution in [0, 0.1) is 0 Å². The number of pyridine rings is 1. The van der Waals surface area contributed by atoms with Gasteiger partial charge in [-0.3, -0.25) is 4.40 Å². The lowest BCUT2D eigenvalue weighted by molar-refractivity contribution is 0.0520. The van der Waals surface area contributed by atoms with E-state index in [4.69, 9.17) is 9.47 Å². The van der Waals surface area contributed by atoms with E-state index >= 15 is 0 Å². The molecule has 23 heavy (non-hydrogen) atoms. The molecule has 2 heterocycles. The van der Waals surface area contributed by atoms with Crippen LogP contribution in [0.3, 0.4) is 0 Å². The monoisotopic (exact) mass is 312 g/mol. The highest BCUT2D eigenvalue weighted by Gasteiger charge is 2.15. The Labute approximate surface area is 134 Å². The van der Waals surface area contributed by atoms with Crippen molar-refractivity contribution in [1.29, 1.82) is 0 Å². The Morgan fingerprint density at radius 3 is 2.87 bits per heavy atom. The lowest BCUT2D eigenvalue weighted by Gasteiger charge is -2.10. The van der Waals surface area contributed by atoms with Gasteiger partial charge in [0, 0.05) is 17.6 Å². The van der Waals surface area contributed by atoms with Gasteiger partial charge in [0.2, 0.25) is 0 Å². The van der Waals surface area contributed by atoms with Gasteiger partial charge in [0.15, 0.2) is 5.69 Å². The average molecular weight is 312 g/mol. The highest BCUT2D eigenvalue weighted by molar-refractivity contribution is 5.92. The average Bonchev–Trinajstić information content (AvgIpc) is 3.00. The zero-order chi connectivity index (χ0) is 16.2. The number of carbonyl (C=O) groups is 1. The number of esters is 1. The number of ether oxygens (including phenoxy) is 2. The Kier molecular flexibility index (Phi) is 4.46. The summed E-state index contributed by atoms with van der Waals surface area (Å²) in [5, 5.41) is 1.00. The van der Waals surface area contributed by atoms with Crippen molar-refractivity contribution in [3.8, 4) is 5.75 Å². The molecule has 0 radical (unpaired) electrons. The molecule has 0 atom stereocenters. The van der Waals surface area contributed by atoms with E-state index < -0.39 is 5.97 Å². The molecule has 120 valence electrons. The quantitative estimate of drug-likeness (QED) is 0.512. The molecule has 5 nitrogen and oxygen atoms in total. The molecule has 0 aliphatic rings. The van der Waals surface area contributed by atoms with E-state index in [1.807, 2.05) is 34.7 Å². The molecule has 0 saturated heterocycles. The number of carbonyl (C=O) groups excluding carboxylic acids is 1. The van der Waals surface area contributed by atoms with E-state index in [9.17, 15) is 4.79 Å². The highest BCUT2D eigenvalue weighted by atomic mass is 16.5. The van der Waals surface area contributed by atoms with Crippen molar-refractivity contribution in [2.45, 2.75) is 26.7 Å². The molecule has 0 spiro atoms. The molecule has 0 amide bonds. The van der Waals surface area contributed by atoms with Gasteiger partial charge in [-0.2, -0.15) is 0 Å². The van der Waals surface area contributed by atoms with Crippen molar-refractivity contribution in [1.82, 2.24) is 9.38 Å². The summed E-state index contributed by atoms with van der Waals surface area (Å²) in [6, 6.07) is 9.82. The minimum Gasteiger partial charge on any atom is -0.493 e. The van der Waals surface area contributed by atoms with Crippen LogP contribution < -0.4 is 4.74 Å². The first-order chi connectivity index (χ1) is 11.2. The summed E-state index contributed by atoms with van der Waals surface area (Å²) in [5.41, 5.74) is 1.94. The summed E-state index contributed by atoms with van der Waals surface area (Å²) in [7, 11) is 0. The summed E-state index contributed by atoms with van der Waals surface area (Å²) in [6.07, 6.45) is 3.80. The predicted molar refractivity (Wildman–Crippen MR) is 89.1 cm³/mol. The molecule has 0 aliphatic heterocycles. The topological polar surface area (TPSA) is 52.8 Å². The van der Waals surface area contributed by atoms with Gasteiger partial charge in [-0.25, -0.2) is 9.78 Å². The number of rotatable bonds is 6. The van der Waals surface area contributed by atoms with E-state index in [1.165, 1.54) is 0 Å². The highest BCUT2D eigenvalue weighted by Crippen LogP contribution is 2.28. The van der Waals surface area contributed by atoms with Gasteiger partial charge in [0.1, 0.15) is 11.4 Å². The third-order valence-electron chi connectivity index (χ3n) is 3.66. The van der Waals surface area contributed by atoms with Gasteiger partial charge in [-0.05, 0) is 25.5 Å². The smallest absolute Gasteiger partial charge is 0.358 e. The fourth-order valence-corrected chi connectivity index (χ4v) is 2.53. The van der Waals surface area contributed by atoms with Gasteiger partial charge >= 0.3 is 5.97 Å². The first-order valence-electron chi connectivity index (χ1n) is 7.95. The third kappa shape index (κ3) is 2.99. The Balaban J connectivity index is 2.10. The number of nitrogens with zero attached hydrogens (tertiary/aromatic N) is 2. The number of para-hydroxylation sites is 1. The normalized spacial score (nSPS) is 11.0. The minimum absolute atomic E-state index is 0.308. The van der Waals surface area contributed by atoms with Crippen molar-refractivity contribution in [3.05, 3.63) is 42.2 Å². The molecule has 0 unspecified atom stereocenters. The van der Waals surface area contributed by atoms with Crippen molar-refractivity contribution in [2.75, 3.05) is 13.2 Å². The maximum Gasteiger partial charge on any atom is 0.358 e. The van der Waals surface area contributed by atoms with Gasteiger partial charge in [0.25, 0.3) is 0 Å². The van der Waals surface area contributed by atoms with E-state index in [-0.39, 0.29) is 0 Å². The van der Waals surface area contributed by atoms with Crippen LogP contribution in [0.2, 0.25) is 0 Å². The number of fused-ring (bicyclic) bond motifs is 3. The number of aromatic nitrogens is 2. The maximum atomic E-state index is 11.9. The first-order valence-corrected chi connectivity index (χ1v) is 7.95. The Bertz CT molecular complexity index is 839. The first kappa shape index (κ1) is 15.3. The van der Waals surface area contributed by atoms with Gasteiger partial charge in [0.05, 0.1) is 18.7 Å². The summed E-state index contributed by atoms with van der Waals surface area (Å²) in [5.74, 6) is 0.385. The second-order valence-electron chi connectivity index (χ2n) is 5.30. The van der Waals surface area contributed by atoms with Crippen LogP contribution in [0.5, 0.6) is 5.75 Å². The molecule has 2 aromatic heterocycles. The Hall–Kier alpha value is -2.56. The van der Waals surface area contributed by atoms with Crippen molar-refractivity contribution in [3.63, 3.8) is 0 Å². The van der Waals surface area contributed by atoms with E-state index in [0.29, 0.717) is 24.6 Å². The number of hydrogen-bond acceptors (Lipinski definition) is 4. The number of benzene rings is 1. The second kappa shape index (κ2) is 6.69. The summed E-state index contributed by atoms with van der Waals surface area (Å²) in [4.78, 5) is 16.3. The van der Waals surface area contributed by atoms with Crippen LogP contribution in [0.25, 0.3) is 16.6 Å². The molecule has 0 N–H and O–H groups in total. The van der Waals surface area contributed by atoms with Crippen LogP contribution in [0.1, 0.15) is 37.2 Å². The Morgan fingerprint density at radius 1 is 1.26 bits per heavy atom. The fraction of sp³-hybridized carbons (Fsp3) is 0.333. The lowest BCUT2D eigenvalue weighted by atomic mass is 10.2. The molecule has 0 bridgehead atoms. The number of unbranched alkanes of at least 4 members (excludes halogenated alkanes) is 1. The summed E-state index contributed by atoms with van der Waals surface area (Å²) >= 11 is 0. The van der Waals surface area contributed by atoms with Gasteiger partial charge in [-0.1, -0.05) is 25.5 Å². The van der Waals surface area contributed by atoms with Crippen molar-refractivity contribution in [2.24, 2.45) is 0 Å². The van der Waals surface area contributed by atoms with Crippen LogP contribution in [-0.4, -0.2) is 28.6 Å². The molecule has 0 fully saturated rings. The summed E-state index contributed by atoms with van der Waals surface area (Å²) in [6.45, 7) is 4.91. The molecule has 5 heteroatoms. The molecular weight excluding hydrogens is 292 g/mol. The van der Waals surface area contributed by atoms with Crippen molar-refractivity contribution < 1.29 is 14.3 Å². The van der Waals surface area contributed by atoms with Crippen LogP contribution >= 0.6 is 0 Å². The molecule has 0 aliphatic carbocycles. The molecular formula is C18H20N2O3. The lowest BCUT2D eigenvalue weighted by Crippen LogP contribution is -2.04. The van der Waals surface area contributed by atoms with Gasteiger partial charge in [-0.15, -0.1) is 0 Å². The number of imidazole rings is 1. The minimum atomic E-state index is -0.409. The van der Waals surface area contributed by atoms with E-state index in [2.05, 4.69) is 11.9 Å². The fourth-order valence-electron chi connectivity index (χ4n) is 2.53. The SMILES string of the molecule is CCCCOc1cc2nc(C(=O)OCC)cn2c2ccccc12. The maximum absolute atomic E-state index is 11.9. The molecule has 3 aromatic rings. The third-order valence-corrected chi connectivity index (χ3v) is 3.66. The predicted octanol–water partition coefficient (Wildman–Crippen LogP) is 3.84. The molecule has 3 rings (SSSR count). The number of hydrogen-bond donors (Lipinski definition) is 0. The van der Waals surface area contributed by atoms with Crippen LogP contribution in [0.4, 0.5) is 0 Å². The molecule has 1 aromatic carbocycles. The second-order valence-corrected chi connectivity index (χ2v) is 5.30.